The first-order valence-corrected chi connectivity index (χ1v) is 15.2. The van der Waals surface area contributed by atoms with E-state index in [1.165, 1.54) is 50.5 Å². The zero-order valence-electron chi connectivity index (χ0n) is 24.8. The summed E-state index contributed by atoms with van der Waals surface area (Å²) >= 11 is 0. The molecule has 1 heterocycles. The molecule has 0 aliphatic heterocycles. The number of fused-ring (bicyclic) bond motifs is 1. The number of hydrogen-bond donors (Lipinski definition) is 4. The summed E-state index contributed by atoms with van der Waals surface area (Å²) in [5.41, 5.74) is 17.3. The van der Waals surface area contributed by atoms with Crippen LogP contribution >= 0.6 is 0 Å². The number of benzene rings is 3. The second-order valence-corrected chi connectivity index (χ2v) is 10.9. The number of rotatable bonds is 17. The van der Waals surface area contributed by atoms with E-state index in [-0.39, 0.29) is 5.91 Å². The highest BCUT2D eigenvalue weighted by Gasteiger charge is 2.13. The number of carbonyl (C=O) groups is 1. The number of amides is 1. The number of anilines is 2. The number of pyridine rings is 1. The normalized spacial score (nSPS) is 11.1. The molecule has 0 saturated heterocycles. The van der Waals surface area contributed by atoms with E-state index < -0.39 is 0 Å². The highest BCUT2D eigenvalue weighted by Crippen LogP contribution is 2.25. The van der Waals surface area contributed by atoms with Gasteiger partial charge in [-0.05, 0) is 80.9 Å². The zero-order chi connectivity index (χ0) is 29.6. The average molecular weight is 568 g/mol. The zero-order valence-corrected chi connectivity index (χ0v) is 24.8. The van der Waals surface area contributed by atoms with Crippen LogP contribution in [0.15, 0.2) is 72.8 Å². The van der Waals surface area contributed by atoms with Gasteiger partial charge in [-0.15, -0.1) is 0 Å². The standard InChI is InChI=1S/C35H45N5O2/c1-26-22-33(37)32-23-29(16-19-34(32)39-26)40-35(41)31-13-9-8-12-28(31)25-42-30-17-14-27(15-18-30)24-38-21-11-7-5-3-2-4-6-10-20-36/h8-9,12-19,22-23,38H,2-7,10-11,20-21,24-25,36H2,1H3,(H2,37,39)(H,40,41). The first kappa shape index (κ1) is 31.0. The number of nitrogens with two attached hydrogens (primary N) is 2. The van der Waals surface area contributed by atoms with Crippen LogP contribution in [-0.4, -0.2) is 24.0 Å². The fourth-order valence-electron chi connectivity index (χ4n) is 5.09. The maximum atomic E-state index is 13.2. The molecule has 4 rings (SSSR count). The molecule has 0 spiro atoms. The van der Waals surface area contributed by atoms with E-state index in [1.807, 2.05) is 67.6 Å². The summed E-state index contributed by atoms with van der Waals surface area (Å²) in [7, 11) is 0. The van der Waals surface area contributed by atoms with Gasteiger partial charge in [0.1, 0.15) is 12.4 Å². The van der Waals surface area contributed by atoms with Crippen molar-refractivity contribution in [1.29, 1.82) is 0 Å². The second-order valence-electron chi connectivity index (χ2n) is 10.9. The van der Waals surface area contributed by atoms with Crippen molar-refractivity contribution in [2.75, 3.05) is 24.1 Å². The van der Waals surface area contributed by atoms with Crippen LogP contribution in [0.1, 0.15) is 78.5 Å². The van der Waals surface area contributed by atoms with E-state index in [4.69, 9.17) is 16.2 Å². The van der Waals surface area contributed by atoms with Gasteiger partial charge < -0.3 is 26.8 Å². The Balaban J connectivity index is 1.21. The summed E-state index contributed by atoms with van der Waals surface area (Å²) in [6.45, 7) is 4.90. The van der Waals surface area contributed by atoms with Crippen LogP contribution in [0.5, 0.6) is 5.75 Å². The van der Waals surface area contributed by atoms with Gasteiger partial charge in [0.05, 0.1) is 5.52 Å². The smallest absolute Gasteiger partial charge is 0.256 e. The predicted octanol–water partition coefficient (Wildman–Crippen LogP) is 7.13. The Kier molecular flexibility index (Phi) is 12.2. The van der Waals surface area contributed by atoms with Gasteiger partial charge in [-0.3, -0.25) is 9.78 Å². The average Bonchev–Trinajstić information content (AvgIpc) is 3.00. The number of unbranched alkanes of at least 4 members (excludes halogenated alkanes) is 7. The van der Waals surface area contributed by atoms with Crippen molar-refractivity contribution in [2.24, 2.45) is 5.73 Å². The predicted molar refractivity (Wildman–Crippen MR) is 174 cm³/mol. The summed E-state index contributed by atoms with van der Waals surface area (Å²) in [5, 5.41) is 7.35. The molecule has 7 nitrogen and oxygen atoms in total. The van der Waals surface area contributed by atoms with Crippen molar-refractivity contribution in [2.45, 2.75) is 71.4 Å². The maximum absolute atomic E-state index is 13.2. The first-order valence-electron chi connectivity index (χ1n) is 15.2. The molecule has 0 saturated carbocycles. The van der Waals surface area contributed by atoms with Crippen molar-refractivity contribution in [3.63, 3.8) is 0 Å². The van der Waals surface area contributed by atoms with Crippen LogP contribution < -0.4 is 26.8 Å². The van der Waals surface area contributed by atoms with E-state index >= 15 is 0 Å². The molecule has 4 aromatic rings. The van der Waals surface area contributed by atoms with Crippen LogP contribution in [0.3, 0.4) is 0 Å². The Labute approximate surface area is 250 Å². The Morgan fingerprint density at radius 1 is 0.857 bits per heavy atom. The lowest BCUT2D eigenvalue weighted by atomic mass is 10.1. The molecule has 1 amide bonds. The number of carbonyl (C=O) groups excluding carboxylic acids is 1. The van der Waals surface area contributed by atoms with Crippen molar-refractivity contribution in [1.82, 2.24) is 10.3 Å². The lowest BCUT2D eigenvalue weighted by Crippen LogP contribution is -2.15. The first-order chi connectivity index (χ1) is 20.5. The monoisotopic (exact) mass is 567 g/mol. The molecule has 42 heavy (non-hydrogen) atoms. The van der Waals surface area contributed by atoms with Crippen molar-refractivity contribution >= 4 is 28.2 Å². The summed E-state index contributed by atoms with van der Waals surface area (Å²) in [6, 6.07) is 23.1. The molecule has 6 N–H and O–H groups in total. The van der Waals surface area contributed by atoms with E-state index in [0.29, 0.717) is 23.5 Å². The molecule has 0 aliphatic rings. The molecule has 0 bridgehead atoms. The van der Waals surface area contributed by atoms with Gasteiger partial charge in [-0.1, -0.05) is 68.9 Å². The Morgan fingerprint density at radius 2 is 1.57 bits per heavy atom. The molecule has 0 fully saturated rings. The number of hydrogen-bond acceptors (Lipinski definition) is 6. The van der Waals surface area contributed by atoms with Gasteiger partial charge in [0.25, 0.3) is 5.91 Å². The van der Waals surface area contributed by atoms with Crippen LogP contribution in [0, 0.1) is 6.92 Å². The van der Waals surface area contributed by atoms with Crippen molar-refractivity contribution in [3.8, 4) is 5.75 Å². The van der Waals surface area contributed by atoms with Gasteiger partial charge in [0, 0.05) is 40.1 Å². The SMILES string of the molecule is Cc1cc(N)c2cc(NC(=O)c3ccccc3COc3ccc(CNCCCCCCCCCCN)cc3)ccc2n1. The third-order valence-electron chi connectivity index (χ3n) is 7.44. The largest absolute Gasteiger partial charge is 0.489 e. The molecular formula is C35H45N5O2. The lowest BCUT2D eigenvalue weighted by molar-refractivity contribution is 0.102. The third kappa shape index (κ3) is 9.57. The second kappa shape index (κ2) is 16.5. The van der Waals surface area contributed by atoms with Gasteiger partial charge in [-0.25, -0.2) is 0 Å². The Hall–Kier alpha value is -3.94. The molecule has 7 heteroatoms. The summed E-state index contributed by atoms with van der Waals surface area (Å²) in [6.07, 6.45) is 10.2. The molecular weight excluding hydrogens is 522 g/mol. The molecule has 1 aromatic heterocycles. The van der Waals surface area contributed by atoms with Crippen LogP contribution in [-0.2, 0) is 13.2 Å². The van der Waals surface area contributed by atoms with Crippen LogP contribution in [0.4, 0.5) is 11.4 Å². The summed E-state index contributed by atoms with van der Waals surface area (Å²) in [4.78, 5) is 17.7. The van der Waals surface area contributed by atoms with Gasteiger partial charge >= 0.3 is 0 Å². The van der Waals surface area contributed by atoms with Gasteiger partial charge in [-0.2, -0.15) is 0 Å². The highest BCUT2D eigenvalue weighted by molar-refractivity contribution is 6.06. The van der Waals surface area contributed by atoms with E-state index in [1.54, 1.807) is 0 Å². The highest BCUT2D eigenvalue weighted by atomic mass is 16.5. The fourth-order valence-corrected chi connectivity index (χ4v) is 5.09. The van der Waals surface area contributed by atoms with Crippen molar-refractivity contribution in [3.05, 3.63) is 95.2 Å². The van der Waals surface area contributed by atoms with Gasteiger partial charge in [0.2, 0.25) is 0 Å². The number of nitrogens with zero attached hydrogens (tertiary/aromatic N) is 1. The molecule has 222 valence electrons. The molecule has 0 unspecified atom stereocenters. The van der Waals surface area contributed by atoms with E-state index in [2.05, 4.69) is 27.8 Å². The van der Waals surface area contributed by atoms with Crippen LogP contribution in [0.2, 0.25) is 0 Å². The quantitative estimate of drug-likeness (QED) is 0.101. The topological polar surface area (TPSA) is 115 Å². The maximum Gasteiger partial charge on any atom is 0.256 e. The number of nitrogens with one attached hydrogen (secondary N) is 2. The minimum absolute atomic E-state index is 0.198. The Morgan fingerprint density at radius 3 is 2.33 bits per heavy atom. The van der Waals surface area contributed by atoms with E-state index in [0.717, 1.165) is 54.0 Å². The van der Waals surface area contributed by atoms with Gasteiger partial charge in [0.15, 0.2) is 0 Å². The minimum atomic E-state index is -0.198. The van der Waals surface area contributed by atoms with E-state index in [9.17, 15) is 4.79 Å². The van der Waals surface area contributed by atoms with Crippen LogP contribution in [0.25, 0.3) is 10.9 Å². The minimum Gasteiger partial charge on any atom is -0.489 e. The number of aromatic nitrogens is 1. The Bertz CT molecular complexity index is 1420. The molecule has 0 atom stereocenters. The number of aryl methyl sites for hydroxylation is 1. The van der Waals surface area contributed by atoms with Crippen molar-refractivity contribution < 1.29 is 9.53 Å². The fraction of sp³-hybridized carbons (Fsp3) is 0.371. The summed E-state index contributed by atoms with van der Waals surface area (Å²) < 4.78 is 6.05. The number of ether oxygens (including phenoxy) is 1. The molecule has 0 aliphatic carbocycles. The third-order valence-corrected chi connectivity index (χ3v) is 7.44. The lowest BCUT2D eigenvalue weighted by Gasteiger charge is -2.13. The molecule has 0 radical (unpaired) electrons. The number of nitrogen functional groups attached to an aromatic ring is 1. The molecule has 3 aromatic carbocycles. The summed E-state index contributed by atoms with van der Waals surface area (Å²) in [5.74, 6) is 0.573.